The Morgan fingerprint density at radius 2 is 1.88 bits per heavy atom. The van der Waals surface area contributed by atoms with Gasteiger partial charge in [-0.25, -0.2) is 9.59 Å². The highest BCUT2D eigenvalue weighted by molar-refractivity contribution is 5.96. The van der Waals surface area contributed by atoms with Crippen LogP contribution in [0.3, 0.4) is 0 Å². The zero-order valence-electron chi connectivity index (χ0n) is 19.9. The largest absolute Gasteiger partial charge is 0.444 e. The second-order valence-corrected chi connectivity index (χ2v) is 10.0. The van der Waals surface area contributed by atoms with Crippen molar-refractivity contribution in [2.75, 3.05) is 37.3 Å². The molecule has 1 atom stereocenters. The number of piperidine rings is 1. The van der Waals surface area contributed by atoms with E-state index in [0.717, 1.165) is 31.2 Å². The lowest BCUT2D eigenvalue weighted by molar-refractivity contribution is -0.117. The molecule has 1 aliphatic heterocycles. The molecule has 0 bridgehead atoms. The summed E-state index contributed by atoms with van der Waals surface area (Å²) < 4.78 is 5.43. The van der Waals surface area contributed by atoms with Crippen molar-refractivity contribution in [1.29, 1.82) is 0 Å². The molecule has 2 aliphatic rings. The number of aryl methyl sites for hydroxylation is 1. The third kappa shape index (κ3) is 6.87. The number of urea groups is 1. The van der Waals surface area contributed by atoms with Crippen LogP contribution in [0.25, 0.3) is 0 Å². The molecule has 176 valence electrons. The van der Waals surface area contributed by atoms with Gasteiger partial charge in [-0.2, -0.15) is 0 Å². The van der Waals surface area contributed by atoms with Crippen LogP contribution in [0.2, 0.25) is 0 Å². The lowest BCUT2D eigenvalue weighted by atomic mass is 9.98. The number of rotatable bonds is 5. The van der Waals surface area contributed by atoms with Crippen LogP contribution >= 0.6 is 0 Å². The zero-order chi connectivity index (χ0) is 23.5. The Kier molecular flexibility index (Phi) is 7.31. The van der Waals surface area contributed by atoms with E-state index in [1.807, 2.05) is 45.9 Å². The molecule has 1 aromatic rings. The number of amides is 4. The van der Waals surface area contributed by atoms with Gasteiger partial charge in [0.15, 0.2) is 0 Å². The number of nitrogens with zero attached hydrogens (tertiary/aromatic N) is 2. The van der Waals surface area contributed by atoms with Crippen LogP contribution in [0.5, 0.6) is 0 Å². The molecule has 1 saturated heterocycles. The Hall–Kier alpha value is -2.77. The first-order valence-electron chi connectivity index (χ1n) is 11.4. The molecule has 0 spiro atoms. The van der Waals surface area contributed by atoms with E-state index in [2.05, 4.69) is 10.6 Å². The summed E-state index contributed by atoms with van der Waals surface area (Å²) in [6.07, 6.45) is 3.39. The second-order valence-electron chi connectivity index (χ2n) is 10.0. The van der Waals surface area contributed by atoms with Gasteiger partial charge < -0.3 is 25.2 Å². The average Bonchev–Trinajstić information content (AvgIpc) is 3.55. The number of likely N-dealkylation sites (tertiary alicyclic amines) is 1. The maximum atomic E-state index is 12.9. The maximum absolute atomic E-state index is 12.9. The van der Waals surface area contributed by atoms with Crippen LogP contribution in [-0.2, 0) is 9.53 Å². The Balaban J connectivity index is 1.55. The molecule has 0 radical (unpaired) electrons. The summed E-state index contributed by atoms with van der Waals surface area (Å²) in [7, 11) is 1.73. The lowest BCUT2D eigenvalue weighted by Gasteiger charge is -2.35. The van der Waals surface area contributed by atoms with E-state index in [4.69, 9.17) is 4.74 Å². The van der Waals surface area contributed by atoms with Crippen molar-refractivity contribution >= 4 is 29.4 Å². The molecule has 0 aromatic heterocycles. The maximum Gasteiger partial charge on any atom is 0.410 e. The molecule has 1 aromatic carbocycles. The molecule has 1 heterocycles. The molecular formula is C24H36N4O4. The minimum absolute atomic E-state index is 0.0408. The Bertz CT molecular complexity index is 860. The van der Waals surface area contributed by atoms with Crippen molar-refractivity contribution in [3.05, 3.63) is 23.8 Å². The zero-order valence-corrected chi connectivity index (χ0v) is 19.9. The molecular weight excluding hydrogens is 408 g/mol. The van der Waals surface area contributed by atoms with E-state index in [-0.39, 0.29) is 29.9 Å². The van der Waals surface area contributed by atoms with Gasteiger partial charge in [0.2, 0.25) is 5.91 Å². The summed E-state index contributed by atoms with van der Waals surface area (Å²) in [5.74, 6) is 0.356. The van der Waals surface area contributed by atoms with E-state index < -0.39 is 5.60 Å². The fraction of sp³-hybridized carbons (Fsp3) is 0.625. The minimum atomic E-state index is -0.533. The van der Waals surface area contributed by atoms with Crippen molar-refractivity contribution < 1.29 is 19.1 Å². The highest BCUT2D eigenvalue weighted by atomic mass is 16.6. The molecule has 3 rings (SSSR count). The number of hydrogen-bond donors (Lipinski definition) is 2. The van der Waals surface area contributed by atoms with E-state index in [9.17, 15) is 14.4 Å². The molecule has 2 fully saturated rings. The molecule has 32 heavy (non-hydrogen) atoms. The van der Waals surface area contributed by atoms with Gasteiger partial charge in [0, 0.05) is 44.0 Å². The predicted molar refractivity (Wildman–Crippen MR) is 125 cm³/mol. The van der Waals surface area contributed by atoms with Crippen molar-refractivity contribution in [2.45, 2.75) is 59.0 Å². The lowest BCUT2D eigenvalue weighted by Crippen LogP contribution is -2.46. The van der Waals surface area contributed by atoms with Crippen LogP contribution in [0.4, 0.5) is 21.0 Å². The number of benzene rings is 1. The topological polar surface area (TPSA) is 91.0 Å². The molecule has 4 amide bonds. The average molecular weight is 445 g/mol. The van der Waals surface area contributed by atoms with Crippen LogP contribution in [0.15, 0.2) is 18.2 Å². The quantitative estimate of drug-likeness (QED) is 0.702. The first kappa shape index (κ1) is 23.9. The second kappa shape index (κ2) is 9.79. The Morgan fingerprint density at radius 3 is 2.53 bits per heavy atom. The van der Waals surface area contributed by atoms with Gasteiger partial charge >= 0.3 is 12.1 Å². The van der Waals surface area contributed by atoms with Crippen molar-refractivity contribution in [1.82, 2.24) is 9.80 Å². The number of carbonyl (C=O) groups is 3. The fourth-order valence-corrected chi connectivity index (χ4v) is 3.82. The first-order chi connectivity index (χ1) is 15.0. The molecule has 1 aliphatic carbocycles. The van der Waals surface area contributed by atoms with Gasteiger partial charge in [-0.05, 0) is 77.0 Å². The summed E-state index contributed by atoms with van der Waals surface area (Å²) in [5.41, 5.74) is 1.78. The van der Waals surface area contributed by atoms with E-state index in [1.165, 1.54) is 0 Å². The molecule has 2 N–H and O–H groups in total. The van der Waals surface area contributed by atoms with Gasteiger partial charge in [-0.1, -0.05) is 6.07 Å². The van der Waals surface area contributed by atoms with Gasteiger partial charge in [0.05, 0.1) is 0 Å². The van der Waals surface area contributed by atoms with Crippen molar-refractivity contribution in [2.24, 2.45) is 11.8 Å². The monoisotopic (exact) mass is 444 g/mol. The van der Waals surface area contributed by atoms with Gasteiger partial charge in [0.1, 0.15) is 5.60 Å². The summed E-state index contributed by atoms with van der Waals surface area (Å²) in [4.78, 5) is 40.6. The predicted octanol–water partition coefficient (Wildman–Crippen LogP) is 4.45. The number of nitrogens with one attached hydrogen (secondary N) is 2. The van der Waals surface area contributed by atoms with Gasteiger partial charge in [-0.15, -0.1) is 0 Å². The highest BCUT2D eigenvalue weighted by Crippen LogP contribution is 2.31. The van der Waals surface area contributed by atoms with Crippen molar-refractivity contribution in [3.63, 3.8) is 0 Å². The summed E-state index contributed by atoms with van der Waals surface area (Å²) in [6, 6.07) is 5.40. The van der Waals surface area contributed by atoms with Crippen LogP contribution in [-0.4, -0.2) is 60.1 Å². The number of carbonyl (C=O) groups excluding carboxylic acids is 3. The summed E-state index contributed by atoms with van der Waals surface area (Å²) in [5, 5.41) is 5.92. The third-order valence-corrected chi connectivity index (χ3v) is 5.74. The minimum Gasteiger partial charge on any atom is -0.444 e. The Labute approximate surface area is 190 Å². The van der Waals surface area contributed by atoms with Crippen molar-refractivity contribution in [3.8, 4) is 0 Å². The Morgan fingerprint density at radius 1 is 1.16 bits per heavy atom. The van der Waals surface area contributed by atoms with Crippen LogP contribution in [0, 0.1) is 18.8 Å². The molecule has 1 unspecified atom stereocenters. The van der Waals surface area contributed by atoms with Gasteiger partial charge in [0.25, 0.3) is 0 Å². The van der Waals surface area contributed by atoms with Crippen LogP contribution < -0.4 is 10.6 Å². The third-order valence-electron chi connectivity index (χ3n) is 5.74. The molecule has 8 heteroatoms. The van der Waals surface area contributed by atoms with Gasteiger partial charge in [-0.3, -0.25) is 4.79 Å². The van der Waals surface area contributed by atoms with Crippen LogP contribution in [0.1, 0.15) is 52.0 Å². The smallest absolute Gasteiger partial charge is 0.410 e. The number of hydrogen-bond acceptors (Lipinski definition) is 4. The fourth-order valence-electron chi connectivity index (χ4n) is 3.82. The summed E-state index contributed by atoms with van der Waals surface area (Å²) >= 11 is 0. The first-order valence-corrected chi connectivity index (χ1v) is 11.4. The van der Waals surface area contributed by atoms with E-state index >= 15 is 0 Å². The molecule has 1 saturated carbocycles. The number of anilines is 2. The molecule has 8 nitrogen and oxygen atoms in total. The number of ether oxygens (including phenoxy) is 1. The van der Waals surface area contributed by atoms with E-state index in [0.29, 0.717) is 31.0 Å². The highest BCUT2D eigenvalue weighted by Gasteiger charge is 2.30. The SMILES string of the molecule is Cc1ccc(NC(=O)C2CC2)cc1NC(=O)N1CCCC(CN(C)C(=O)OC(C)(C)C)C1. The van der Waals surface area contributed by atoms with E-state index in [1.54, 1.807) is 16.8 Å². The summed E-state index contributed by atoms with van der Waals surface area (Å²) in [6.45, 7) is 9.27. The normalized spacial score (nSPS) is 18.7. The standard InChI is InChI=1S/C24H36N4O4/c1-16-8-11-19(25-21(29)18-9-10-18)13-20(16)26-22(30)28-12-6-7-17(15-28)14-27(5)23(31)32-24(2,3)4/h8,11,13,17-18H,6-7,9-10,12,14-15H2,1-5H3,(H,25,29)(H,26,30).